The molecular formula is C18H18Cl3NO2. The summed E-state index contributed by atoms with van der Waals surface area (Å²) in [5.74, 6) is 0.655. The summed E-state index contributed by atoms with van der Waals surface area (Å²) in [5.41, 5.74) is 1.98. The summed E-state index contributed by atoms with van der Waals surface area (Å²) in [7, 11) is 0. The van der Waals surface area contributed by atoms with Crippen molar-refractivity contribution < 1.29 is 9.53 Å². The lowest BCUT2D eigenvalue weighted by molar-refractivity contribution is -0.121. The molecule has 0 saturated heterocycles. The number of amides is 1. The summed E-state index contributed by atoms with van der Waals surface area (Å²) in [5, 5.41) is 4.50. The second-order valence-electron chi connectivity index (χ2n) is 5.36. The molecule has 1 amide bonds. The molecule has 0 saturated carbocycles. The molecule has 0 aliphatic heterocycles. The van der Waals surface area contributed by atoms with Gasteiger partial charge in [0.05, 0.1) is 16.6 Å². The van der Waals surface area contributed by atoms with Crippen LogP contribution in [0, 0.1) is 6.92 Å². The Morgan fingerprint density at radius 1 is 1.04 bits per heavy atom. The van der Waals surface area contributed by atoms with Crippen molar-refractivity contribution in [3.8, 4) is 5.75 Å². The average Bonchev–Trinajstić information content (AvgIpc) is 2.56. The van der Waals surface area contributed by atoms with E-state index < -0.39 is 0 Å². The third-order valence-corrected chi connectivity index (χ3v) is 4.61. The Morgan fingerprint density at radius 2 is 1.83 bits per heavy atom. The normalized spacial score (nSPS) is 10.5. The lowest BCUT2D eigenvalue weighted by Crippen LogP contribution is -2.28. The summed E-state index contributed by atoms with van der Waals surface area (Å²) < 4.78 is 5.55. The topological polar surface area (TPSA) is 38.3 Å². The van der Waals surface area contributed by atoms with Crippen LogP contribution in [0.4, 0.5) is 0 Å². The molecule has 0 unspecified atom stereocenters. The number of aryl methyl sites for hydroxylation is 2. The third-order valence-electron chi connectivity index (χ3n) is 3.46. The highest BCUT2D eigenvalue weighted by Crippen LogP contribution is 2.23. The molecule has 6 heteroatoms. The molecule has 2 aromatic carbocycles. The standard InChI is InChI=1S/C18H18Cl3NO2/c1-12-2-5-14(11-16(12)20)24-9-8-22-18(23)7-4-13-3-6-15(19)17(21)10-13/h2-3,5-6,10-11H,4,7-9H2,1H3,(H,22,23). The maximum Gasteiger partial charge on any atom is 0.220 e. The highest BCUT2D eigenvalue weighted by molar-refractivity contribution is 6.42. The maximum absolute atomic E-state index is 11.8. The van der Waals surface area contributed by atoms with E-state index in [0.29, 0.717) is 46.8 Å². The van der Waals surface area contributed by atoms with E-state index in [4.69, 9.17) is 39.5 Å². The Bertz CT molecular complexity index is 719. The monoisotopic (exact) mass is 385 g/mol. The van der Waals surface area contributed by atoms with E-state index in [9.17, 15) is 4.79 Å². The van der Waals surface area contributed by atoms with E-state index in [0.717, 1.165) is 11.1 Å². The van der Waals surface area contributed by atoms with Crippen LogP contribution in [0.3, 0.4) is 0 Å². The van der Waals surface area contributed by atoms with Crippen LogP contribution in [0.1, 0.15) is 17.5 Å². The largest absolute Gasteiger partial charge is 0.492 e. The molecule has 3 nitrogen and oxygen atoms in total. The van der Waals surface area contributed by atoms with Crippen LogP contribution in [0.5, 0.6) is 5.75 Å². The van der Waals surface area contributed by atoms with Crippen molar-refractivity contribution >= 4 is 40.7 Å². The van der Waals surface area contributed by atoms with Crippen molar-refractivity contribution in [1.82, 2.24) is 5.32 Å². The molecule has 0 aromatic heterocycles. The summed E-state index contributed by atoms with van der Waals surface area (Å²) in [6, 6.07) is 10.9. The zero-order chi connectivity index (χ0) is 17.5. The fraction of sp³-hybridized carbons (Fsp3) is 0.278. The predicted octanol–water partition coefficient (Wildman–Crippen LogP) is 5.08. The molecule has 0 bridgehead atoms. The minimum absolute atomic E-state index is 0.0355. The number of rotatable bonds is 7. The lowest BCUT2D eigenvalue weighted by atomic mass is 10.1. The molecule has 0 heterocycles. The molecule has 0 aliphatic rings. The molecular weight excluding hydrogens is 369 g/mol. The average molecular weight is 387 g/mol. The van der Waals surface area contributed by atoms with Gasteiger partial charge < -0.3 is 10.1 Å². The first-order chi connectivity index (χ1) is 11.5. The molecule has 0 radical (unpaired) electrons. The van der Waals surface area contributed by atoms with Crippen LogP contribution < -0.4 is 10.1 Å². The molecule has 2 rings (SSSR count). The van der Waals surface area contributed by atoms with Gasteiger partial charge in [-0.05, 0) is 48.7 Å². The highest BCUT2D eigenvalue weighted by atomic mass is 35.5. The van der Waals surface area contributed by atoms with Crippen LogP contribution in [0.25, 0.3) is 0 Å². The van der Waals surface area contributed by atoms with Gasteiger partial charge in [0, 0.05) is 11.4 Å². The van der Waals surface area contributed by atoms with Gasteiger partial charge in [-0.15, -0.1) is 0 Å². The summed E-state index contributed by atoms with van der Waals surface area (Å²) in [6.45, 7) is 2.75. The van der Waals surface area contributed by atoms with Gasteiger partial charge in [-0.3, -0.25) is 4.79 Å². The van der Waals surface area contributed by atoms with Crippen LogP contribution in [0.2, 0.25) is 15.1 Å². The second kappa shape index (κ2) is 9.16. The van der Waals surface area contributed by atoms with E-state index in [1.54, 1.807) is 18.2 Å². The summed E-state index contributed by atoms with van der Waals surface area (Å²) in [4.78, 5) is 11.8. The molecule has 2 aromatic rings. The maximum atomic E-state index is 11.8. The molecule has 0 aliphatic carbocycles. The van der Waals surface area contributed by atoms with Crippen molar-refractivity contribution in [2.45, 2.75) is 19.8 Å². The molecule has 24 heavy (non-hydrogen) atoms. The van der Waals surface area contributed by atoms with Gasteiger partial charge in [0.15, 0.2) is 0 Å². The summed E-state index contributed by atoms with van der Waals surface area (Å²) >= 11 is 17.8. The van der Waals surface area contributed by atoms with Crippen molar-refractivity contribution in [3.63, 3.8) is 0 Å². The highest BCUT2D eigenvalue weighted by Gasteiger charge is 2.05. The zero-order valence-corrected chi connectivity index (χ0v) is 15.5. The van der Waals surface area contributed by atoms with E-state index in [1.807, 2.05) is 25.1 Å². The van der Waals surface area contributed by atoms with E-state index in [-0.39, 0.29) is 5.91 Å². The number of carbonyl (C=O) groups excluding carboxylic acids is 1. The molecule has 0 fully saturated rings. The van der Waals surface area contributed by atoms with E-state index >= 15 is 0 Å². The van der Waals surface area contributed by atoms with Gasteiger partial charge in [0.25, 0.3) is 0 Å². The Hall–Kier alpha value is -1.42. The predicted molar refractivity (Wildman–Crippen MR) is 99.5 cm³/mol. The number of benzene rings is 2. The number of halogens is 3. The number of ether oxygens (including phenoxy) is 1. The molecule has 0 atom stereocenters. The van der Waals surface area contributed by atoms with Crippen molar-refractivity contribution in [3.05, 3.63) is 62.6 Å². The number of hydrogen-bond donors (Lipinski definition) is 1. The van der Waals surface area contributed by atoms with Crippen LogP contribution in [-0.2, 0) is 11.2 Å². The van der Waals surface area contributed by atoms with Crippen molar-refractivity contribution in [1.29, 1.82) is 0 Å². The van der Waals surface area contributed by atoms with Crippen molar-refractivity contribution in [2.75, 3.05) is 13.2 Å². The van der Waals surface area contributed by atoms with Crippen LogP contribution in [0.15, 0.2) is 36.4 Å². The van der Waals surface area contributed by atoms with Gasteiger partial charge in [-0.25, -0.2) is 0 Å². The molecule has 0 spiro atoms. The summed E-state index contributed by atoms with van der Waals surface area (Å²) in [6.07, 6.45) is 0.992. The second-order valence-corrected chi connectivity index (χ2v) is 6.58. The zero-order valence-electron chi connectivity index (χ0n) is 13.2. The first kappa shape index (κ1) is 18.9. The Labute approximate surface area is 156 Å². The lowest BCUT2D eigenvalue weighted by Gasteiger charge is -2.09. The van der Waals surface area contributed by atoms with Gasteiger partial charge in [-0.2, -0.15) is 0 Å². The van der Waals surface area contributed by atoms with Gasteiger partial charge in [0.2, 0.25) is 5.91 Å². The first-order valence-electron chi connectivity index (χ1n) is 7.55. The smallest absolute Gasteiger partial charge is 0.220 e. The quantitative estimate of drug-likeness (QED) is 0.674. The fourth-order valence-electron chi connectivity index (χ4n) is 2.06. The number of hydrogen-bond acceptors (Lipinski definition) is 2. The van der Waals surface area contributed by atoms with Gasteiger partial charge in [0.1, 0.15) is 12.4 Å². The van der Waals surface area contributed by atoms with Crippen LogP contribution in [-0.4, -0.2) is 19.1 Å². The number of carbonyl (C=O) groups is 1. The molecule has 1 N–H and O–H groups in total. The minimum atomic E-state index is -0.0355. The Morgan fingerprint density at radius 3 is 2.54 bits per heavy atom. The Kier molecular flexibility index (Phi) is 7.22. The molecule has 128 valence electrons. The third kappa shape index (κ3) is 5.90. The number of nitrogens with one attached hydrogen (secondary N) is 1. The van der Waals surface area contributed by atoms with Gasteiger partial charge in [-0.1, -0.05) is 46.9 Å². The SMILES string of the molecule is Cc1ccc(OCCNC(=O)CCc2ccc(Cl)c(Cl)c2)cc1Cl. The van der Waals surface area contributed by atoms with Gasteiger partial charge >= 0.3 is 0 Å². The van der Waals surface area contributed by atoms with Crippen molar-refractivity contribution in [2.24, 2.45) is 0 Å². The minimum Gasteiger partial charge on any atom is -0.492 e. The fourth-order valence-corrected chi connectivity index (χ4v) is 2.56. The van der Waals surface area contributed by atoms with E-state index in [1.165, 1.54) is 0 Å². The Balaban J connectivity index is 1.67. The van der Waals surface area contributed by atoms with E-state index in [2.05, 4.69) is 5.32 Å². The van der Waals surface area contributed by atoms with Crippen LogP contribution >= 0.6 is 34.8 Å². The first-order valence-corrected chi connectivity index (χ1v) is 8.68.